The lowest BCUT2D eigenvalue weighted by atomic mass is 10.2. The van der Waals surface area contributed by atoms with Gasteiger partial charge in [0.15, 0.2) is 0 Å². The number of pyridine rings is 1. The summed E-state index contributed by atoms with van der Waals surface area (Å²) >= 11 is 0. The molecule has 0 aliphatic carbocycles. The first kappa shape index (κ1) is 14.5. The van der Waals surface area contributed by atoms with Crippen LogP contribution in [0.3, 0.4) is 0 Å². The molecular weight excluding hydrogens is 252 g/mol. The van der Waals surface area contributed by atoms with Crippen LogP contribution < -0.4 is 10.1 Å². The van der Waals surface area contributed by atoms with Crippen molar-refractivity contribution in [2.75, 3.05) is 6.54 Å². The Morgan fingerprint density at radius 2 is 2.10 bits per heavy atom. The van der Waals surface area contributed by atoms with E-state index in [2.05, 4.69) is 29.2 Å². The van der Waals surface area contributed by atoms with Gasteiger partial charge in [0, 0.05) is 19.8 Å². The summed E-state index contributed by atoms with van der Waals surface area (Å²) in [6.07, 6.45) is 3.66. The van der Waals surface area contributed by atoms with Gasteiger partial charge in [-0.3, -0.25) is 9.67 Å². The maximum atomic E-state index is 5.64. The maximum Gasteiger partial charge on any atom is 0.138 e. The van der Waals surface area contributed by atoms with E-state index in [1.165, 1.54) is 0 Å². The zero-order valence-electron chi connectivity index (χ0n) is 12.3. The van der Waals surface area contributed by atoms with Crippen LogP contribution in [0.25, 0.3) is 0 Å². The summed E-state index contributed by atoms with van der Waals surface area (Å²) in [4.78, 5) is 4.38. The molecule has 0 unspecified atom stereocenters. The maximum absolute atomic E-state index is 5.64. The van der Waals surface area contributed by atoms with Gasteiger partial charge in [-0.25, -0.2) is 0 Å². The number of nitrogens with one attached hydrogen (secondary N) is 1. The average Bonchev–Trinajstić information content (AvgIpc) is 2.83. The van der Waals surface area contributed by atoms with Crippen LogP contribution in [-0.4, -0.2) is 21.3 Å². The zero-order valence-corrected chi connectivity index (χ0v) is 12.3. The third-order valence-corrected chi connectivity index (χ3v) is 2.81. The molecule has 1 N–H and O–H groups in total. The molecule has 2 aromatic rings. The van der Waals surface area contributed by atoms with Gasteiger partial charge in [0.25, 0.3) is 0 Å². The quantitative estimate of drug-likeness (QED) is 0.840. The van der Waals surface area contributed by atoms with Gasteiger partial charge in [-0.2, -0.15) is 5.10 Å². The molecule has 2 heterocycles. The van der Waals surface area contributed by atoms with Gasteiger partial charge in [0.05, 0.1) is 17.6 Å². The van der Waals surface area contributed by atoms with Gasteiger partial charge in [-0.15, -0.1) is 0 Å². The summed E-state index contributed by atoms with van der Waals surface area (Å²) in [7, 11) is 1.89. The fourth-order valence-electron chi connectivity index (χ4n) is 1.79. The molecule has 0 bridgehead atoms. The molecule has 0 amide bonds. The van der Waals surface area contributed by atoms with E-state index >= 15 is 0 Å². The van der Waals surface area contributed by atoms with Crippen molar-refractivity contribution in [3.05, 3.63) is 42.0 Å². The molecule has 2 rings (SSSR count). The van der Waals surface area contributed by atoms with Gasteiger partial charge < -0.3 is 10.1 Å². The van der Waals surface area contributed by atoms with Gasteiger partial charge in [-0.1, -0.05) is 13.8 Å². The number of hydrogen-bond donors (Lipinski definition) is 1. The van der Waals surface area contributed by atoms with E-state index in [0.29, 0.717) is 12.5 Å². The summed E-state index contributed by atoms with van der Waals surface area (Å²) in [5, 5.41) is 7.63. The van der Waals surface area contributed by atoms with Crippen LogP contribution in [0.5, 0.6) is 5.75 Å². The molecule has 0 saturated heterocycles. The monoisotopic (exact) mass is 274 g/mol. The van der Waals surface area contributed by atoms with Crippen LogP contribution in [-0.2, 0) is 20.2 Å². The SMILES string of the molecule is CC(C)CNCc1ccc(OCc2ccn(C)n2)cn1. The Morgan fingerprint density at radius 1 is 1.25 bits per heavy atom. The largest absolute Gasteiger partial charge is 0.486 e. The predicted octanol–water partition coefficient (Wildman–Crippen LogP) is 2.14. The number of rotatable bonds is 7. The minimum atomic E-state index is 0.466. The molecule has 108 valence electrons. The van der Waals surface area contributed by atoms with Crippen molar-refractivity contribution in [1.29, 1.82) is 0 Å². The second-order valence-corrected chi connectivity index (χ2v) is 5.28. The number of aryl methyl sites for hydroxylation is 1. The Morgan fingerprint density at radius 3 is 2.70 bits per heavy atom. The predicted molar refractivity (Wildman–Crippen MR) is 78.3 cm³/mol. The highest BCUT2D eigenvalue weighted by molar-refractivity contribution is 5.20. The number of hydrogen-bond acceptors (Lipinski definition) is 4. The van der Waals surface area contributed by atoms with Crippen LogP contribution in [0, 0.1) is 5.92 Å². The van der Waals surface area contributed by atoms with Crippen molar-refractivity contribution in [3.8, 4) is 5.75 Å². The highest BCUT2D eigenvalue weighted by Crippen LogP contribution is 2.11. The number of ether oxygens (including phenoxy) is 1. The van der Waals surface area contributed by atoms with Crippen molar-refractivity contribution < 1.29 is 4.74 Å². The molecule has 0 fully saturated rings. The molecule has 0 aromatic carbocycles. The van der Waals surface area contributed by atoms with E-state index < -0.39 is 0 Å². The molecular formula is C15H22N4O. The lowest BCUT2D eigenvalue weighted by Gasteiger charge is -2.08. The van der Waals surface area contributed by atoms with Gasteiger partial charge >= 0.3 is 0 Å². The summed E-state index contributed by atoms with van der Waals surface area (Å²) in [5.74, 6) is 1.42. The molecule has 0 atom stereocenters. The molecule has 0 aliphatic rings. The summed E-state index contributed by atoms with van der Waals surface area (Å²) in [6.45, 7) is 6.63. The van der Waals surface area contributed by atoms with Crippen molar-refractivity contribution in [2.24, 2.45) is 13.0 Å². The highest BCUT2D eigenvalue weighted by atomic mass is 16.5. The molecule has 20 heavy (non-hydrogen) atoms. The Kier molecular flexibility index (Phi) is 5.12. The fourth-order valence-corrected chi connectivity index (χ4v) is 1.79. The molecule has 0 spiro atoms. The minimum absolute atomic E-state index is 0.466. The molecule has 5 heteroatoms. The summed E-state index contributed by atoms with van der Waals surface area (Å²) < 4.78 is 7.41. The van der Waals surface area contributed by atoms with Gasteiger partial charge in [0.1, 0.15) is 12.4 Å². The molecule has 0 radical (unpaired) electrons. The average molecular weight is 274 g/mol. The molecule has 0 saturated carbocycles. The van der Waals surface area contributed by atoms with Crippen molar-refractivity contribution in [1.82, 2.24) is 20.1 Å². The van der Waals surface area contributed by atoms with Gasteiger partial charge in [-0.05, 0) is 30.7 Å². The standard InChI is InChI=1S/C15H22N4O/c1-12(2)8-16-9-13-4-5-15(10-17-13)20-11-14-6-7-19(3)18-14/h4-7,10,12,16H,8-9,11H2,1-3H3. The Labute approximate surface area is 120 Å². The van der Waals surface area contributed by atoms with Crippen LogP contribution in [0.4, 0.5) is 0 Å². The van der Waals surface area contributed by atoms with Crippen LogP contribution in [0.1, 0.15) is 25.2 Å². The third-order valence-electron chi connectivity index (χ3n) is 2.81. The van der Waals surface area contributed by atoms with E-state index in [9.17, 15) is 0 Å². The van der Waals surface area contributed by atoms with Crippen molar-refractivity contribution in [3.63, 3.8) is 0 Å². The Hall–Kier alpha value is -1.88. The normalized spacial score (nSPS) is 11.0. The topological polar surface area (TPSA) is 52.0 Å². The van der Waals surface area contributed by atoms with Gasteiger partial charge in [0.2, 0.25) is 0 Å². The Bertz CT molecular complexity index is 519. The summed E-state index contributed by atoms with van der Waals surface area (Å²) in [5.41, 5.74) is 1.94. The van der Waals surface area contributed by atoms with Crippen LogP contribution in [0.15, 0.2) is 30.6 Å². The lowest BCUT2D eigenvalue weighted by Crippen LogP contribution is -2.19. The second-order valence-electron chi connectivity index (χ2n) is 5.28. The van der Waals surface area contributed by atoms with E-state index in [1.54, 1.807) is 10.9 Å². The molecule has 2 aromatic heterocycles. The third kappa shape index (κ3) is 4.66. The fraction of sp³-hybridized carbons (Fsp3) is 0.467. The van der Waals surface area contributed by atoms with E-state index in [0.717, 1.165) is 30.2 Å². The molecule has 0 aliphatic heterocycles. The second kappa shape index (κ2) is 7.05. The first-order valence-electron chi connectivity index (χ1n) is 6.90. The Balaban J connectivity index is 1.79. The lowest BCUT2D eigenvalue weighted by molar-refractivity contribution is 0.298. The van der Waals surface area contributed by atoms with E-state index in [4.69, 9.17) is 4.74 Å². The minimum Gasteiger partial charge on any atom is -0.486 e. The van der Waals surface area contributed by atoms with Crippen molar-refractivity contribution in [2.45, 2.75) is 27.0 Å². The number of nitrogens with zero attached hydrogens (tertiary/aromatic N) is 3. The van der Waals surface area contributed by atoms with E-state index in [-0.39, 0.29) is 0 Å². The van der Waals surface area contributed by atoms with Crippen molar-refractivity contribution >= 4 is 0 Å². The smallest absolute Gasteiger partial charge is 0.138 e. The first-order chi connectivity index (χ1) is 9.63. The molecule has 5 nitrogen and oxygen atoms in total. The zero-order chi connectivity index (χ0) is 14.4. The highest BCUT2D eigenvalue weighted by Gasteiger charge is 2.01. The van der Waals surface area contributed by atoms with Crippen LogP contribution >= 0.6 is 0 Å². The first-order valence-corrected chi connectivity index (χ1v) is 6.90. The van der Waals surface area contributed by atoms with E-state index in [1.807, 2.05) is 31.4 Å². The number of aromatic nitrogens is 3. The van der Waals surface area contributed by atoms with Crippen LogP contribution in [0.2, 0.25) is 0 Å². The summed E-state index contributed by atoms with van der Waals surface area (Å²) in [6, 6.07) is 5.88.